The lowest BCUT2D eigenvalue weighted by Crippen LogP contribution is -2.43. The molecule has 0 aliphatic heterocycles. The molecule has 0 radical (unpaired) electrons. The van der Waals surface area contributed by atoms with E-state index in [1.807, 2.05) is 12.3 Å². The fraction of sp³-hybridized carbons (Fsp3) is 0.692. The number of hydrogen-bond donors (Lipinski definition) is 2. The molecule has 2 N–H and O–H groups in total. The van der Waals surface area contributed by atoms with Gasteiger partial charge in [0.15, 0.2) is 5.13 Å². The fourth-order valence-electron chi connectivity index (χ4n) is 1.79. The van der Waals surface area contributed by atoms with Gasteiger partial charge in [-0.3, -0.25) is 9.69 Å². The van der Waals surface area contributed by atoms with Crippen LogP contribution in [0.2, 0.25) is 0 Å². The normalized spacial score (nSPS) is 12.6. The van der Waals surface area contributed by atoms with E-state index in [2.05, 4.69) is 22.1 Å². The zero-order chi connectivity index (χ0) is 14.1. The number of nitrogens with zero attached hydrogens (tertiary/aromatic N) is 2. The van der Waals surface area contributed by atoms with Gasteiger partial charge in [-0.2, -0.15) is 0 Å². The lowest BCUT2D eigenvalue weighted by atomic mass is 10.2. The highest BCUT2D eigenvalue weighted by Gasteiger charge is 2.21. The van der Waals surface area contributed by atoms with Crippen molar-refractivity contribution in [2.75, 3.05) is 25.0 Å². The van der Waals surface area contributed by atoms with Crippen molar-refractivity contribution in [2.24, 2.45) is 0 Å². The number of rotatable bonds is 9. The molecule has 1 amide bonds. The lowest BCUT2D eigenvalue weighted by molar-refractivity contribution is -0.120. The van der Waals surface area contributed by atoms with E-state index >= 15 is 0 Å². The van der Waals surface area contributed by atoms with Crippen molar-refractivity contribution >= 4 is 22.4 Å². The zero-order valence-corrected chi connectivity index (χ0v) is 12.4. The summed E-state index contributed by atoms with van der Waals surface area (Å²) >= 11 is 1.41. The average molecular weight is 285 g/mol. The lowest BCUT2D eigenvalue weighted by Gasteiger charge is -2.27. The van der Waals surface area contributed by atoms with Crippen molar-refractivity contribution in [3.63, 3.8) is 0 Å². The number of aliphatic hydroxyl groups excluding tert-OH is 1. The minimum absolute atomic E-state index is 0.0380. The highest BCUT2D eigenvalue weighted by atomic mass is 32.1. The van der Waals surface area contributed by atoms with Crippen molar-refractivity contribution in [1.82, 2.24) is 9.88 Å². The molecule has 6 heteroatoms. The Labute approximate surface area is 118 Å². The quantitative estimate of drug-likeness (QED) is 0.728. The standard InChI is InChI=1S/C13H23N3O2S/c1-3-4-7-16(8-5-9-17)11(2)12(18)15-13-14-6-10-19-13/h6,10-11,17H,3-5,7-9H2,1-2H3,(H,14,15,18). The molecule has 0 aliphatic carbocycles. The van der Waals surface area contributed by atoms with Crippen LogP contribution in [0.5, 0.6) is 0 Å². The maximum atomic E-state index is 12.1. The summed E-state index contributed by atoms with van der Waals surface area (Å²) < 4.78 is 0. The first-order valence-corrected chi connectivity index (χ1v) is 7.62. The Morgan fingerprint density at radius 2 is 2.26 bits per heavy atom. The fourth-order valence-corrected chi connectivity index (χ4v) is 2.33. The van der Waals surface area contributed by atoms with Crippen LogP contribution in [0.4, 0.5) is 5.13 Å². The van der Waals surface area contributed by atoms with E-state index < -0.39 is 0 Å². The molecule has 108 valence electrons. The van der Waals surface area contributed by atoms with Gasteiger partial charge in [0.25, 0.3) is 0 Å². The second kappa shape index (κ2) is 9.01. The van der Waals surface area contributed by atoms with Crippen LogP contribution in [0.25, 0.3) is 0 Å². The molecular weight excluding hydrogens is 262 g/mol. The van der Waals surface area contributed by atoms with E-state index in [0.29, 0.717) is 11.6 Å². The van der Waals surface area contributed by atoms with Gasteiger partial charge in [-0.25, -0.2) is 4.98 Å². The number of nitrogens with one attached hydrogen (secondary N) is 1. The van der Waals surface area contributed by atoms with Crippen LogP contribution in [0.1, 0.15) is 33.1 Å². The topological polar surface area (TPSA) is 65.5 Å². The van der Waals surface area contributed by atoms with Gasteiger partial charge in [0.05, 0.1) is 6.04 Å². The molecule has 0 aliphatic rings. The van der Waals surface area contributed by atoms with E-state index in [1.54, 1.807) is 6.20 Å². The molecule has 0 spiro atoms. The summed E-state index contributed by atoms with van der Waals surface area (Å²) in [7, 11) is 0. The van der Waals surface area contributed by atoms with Gasteiger partial charge in [-0.15, -0.1) is 11.3 Å². The van der Waals surface area contributed by atoms with Gasteiger partial charge in [0.2, 0.25) is 5.91 Å². The largest absolute Gasteiger partial charge is 0.396 e. The summed E-state index contributed by atoms with van der Waals surface area (Å²) in [5, 5.41) is 14.2. The SMILES string of the molecule is CCCCN(CCCO)C(C)C(=O)Nc1nccs1. The van der Waals surface area contributed by atoms with Crippen LogP contribution in [0, 0.1) is 0 Å². The van der Waals surface area contributed by atoms with Gasteiger partial charge >= 0.3 is 0 Å². The Bertz CT molecular complexity index is 349. The summed E-state index contributed by atoms with van der Waals surface area (Å²) in [5.74, 6) is -0.0380. The summed E-state index contributed by atoms with van der Waals surface area (Å²) in [6.07, 6.45) is 4.51. The van der Waals surface area contributed by atoms with E-state index in [4.69, 9.17) is 5.11 Å². The Morgan fingerprint density at radius 1 is 1.53 bits per heavy atom. The minimum atomic E-state index is -0.206. The number of unbranched alkanes of at least 4 members (excludes halogenated alkanes) is 1. The molecule has 1 unspecified atom stereocenters. The van der Waals surface area contributed by atoms with Crippen LogP contribution in [0.3, 0.4) is 0 Å². The summed E-state index contributed by atoms with van der Waals surface area (Å²) in [4.78, 5) is 18.3. The third-order valence-corrected chi connectivity index (χ3v) is 3.68. The molecule has 0 saturated carbocycles. The second-order valence-electron chi connectivity index (χ2n) is 4.47. The summed E-state index contributed by atoms with van der Waals surface area (Å²) in [6, 6.07) is -0.206. The Hall–Kier alpha value is -0.980. The van der Waals surface area contributed by atoms with Crippen molar-refractivity contribution in [1.29, 1.82) is 0 Å². The van der Waals surface area contributed by atoms with Gasteiger partial charge in [0, 0.05) is 24.7 Å². The van der Waals surface area contributed by atoms with Gasteiger partial charge < -0.3 is 10.4 Å². The van der Waals surface area contributed by atoms with Crippen LogP contribution < -0.4 is 5.32 Å². The molecule has 5 nitrogen and oxygen atoms in total. The van der Waals surface area contributed by atoms with Crippen LogP contribution in [0.15, 0.2) is 11.6 Å². The molecule has 1 atom stereocenters. The Morgan fingerprint density at radius 3 is 2.84 bits per heavy atom. The highest BCUT2D eigenvalue weighted by Crippen LogP contribution is 2.12. The third kappa shape index (κ3) is 5.67. The number of hydrogen-bond acceptors (Lipinski definition) is 5. The molecule has 0 bridgehead atoms. The number of anilines is 1. The molecular formula is C13H23N3O2S. The molecule has 1 rings (SSSR count). The maximum absolute atomic E-state index is 12.1. The highest BCUT2D eigenvalue weighted by molar-refractivity contribution is 7.13. The monoisotopic (exact) mass is 285 g/mol. The third-order valence-electron chi connectivity index (χ3n) is 2.99. The predicted molar refractivity (Wildman–Crippen MR) is 78.4 cm³/mol. The zero-order valence-electron chi connectivity index (χ0n) is 11.6. The Kier molecular flexibility index (Phi) is 7.62. The summed E-state index contributed by atoms with van der Waals surface area (Å²) in [6.45, 7) is 5.80. The predicted octanol–water partition coefficient (Wildman–Crippen LogP) is 1.95. The van der Waals surface area contributed by atoms with E-state index in [0.717, 1.165) is 25.9 Å². The summed E-state index contributed by atoms with van der Waals surface area (Å²) in [5.41, 5.74) is 0. The molecule has 1 aromatic rings. The van der Waals surface area contributed by atoms with Gasteiger partial charge in [-0.05, 0) is 26.3 Å². The van der Waals surface area contributed by atoms with Crippen molar-refractivity contribution in [3.8, 4) is 0 Å². The van der Waals surface area contributed by atoms with Crippen LogP contribution in [-0.2, 0) is 4.79 Å². The molecule has 0 fully saturated rings. The number of aromatic nitrogens is 1. The number of amides is 1. The maximum Gasteiger partial charge on any atom is 0.243 e. The molecule has 19 heavy (non-hydrogen) atoms. The number of carbonyl (C=O) groups excluding carboxylic acids is 1. The van der Waals surface area contributed by atoms with E-state index in [-0.39, 0.29) is 18.6 Å². The number of carbonyl (C=O) groups is 1. The van der Waals surface area contributed by atoms with Crippen LogP contribution >= 0.6 is 11.3 Å². The Balaban J connectivity index is 2.52. The molecule has 1 heterocycles. The first-order chi connectivity index (χ1) is 9.19. The smallest absolute Gasteiger partial charge is 0.243 e. The van der Waals surface area contributed by atoms with Crippen molar-refractivity contribution < 1.29 is 9.90 Å². The average Bonchev–Trinajstić information content (AvgIpc) is 2.91. The molecule has 1 aromatic heterocycles. The van der Waals surface area contributed by atoms with Crippen molar-refractivity contribution in [2.45, 2.75) is 39.2 Å². The number of thiazole rings is 1. The number of aliphatic hydroxyl groups is 1. The van der Waals surface area contributed by atoms with Crippen LogP contribution in [-0.4, -0.2) is 46.6 Å². The van der Waals surface area contributed by atoms with E-state index in [1.165, 1.54) is 11.3 Å². The van der Waals surface area contributed by atoms with Gasteiger partial charge in [0.1, 0.15) is 0 Å². The molecule has 0 aromatic carbocycles. The second-order valence-corrected chi connectivity index (χ2v) is 5.36. The van der Waals surface area contributed by atoms with Crippen molar-refractivity contribution in [3.05, 3.63) is 11.6 Å². The van der Waals surface area contributed by atoms with E-state index in [9.17, 15) is 4.79 Å². The van der Waals surface area contributed by atoms with Gasteiger partial charge in [-0.1, -0.05) is 13.3 Å². The first-order valence-electron chi connectivity index (χ1n) is 6.74. The first kappa shape index (κ1) is 16.1. The molecule has 0 saturated heterocycles. The minimum Gasteiger partial charge on any atom is -0.396 e.